The Morgan fingerprint density at radius 3 is 2.44 bits per heavy atom. The summed E-state index contributed by atoms with van der Waals surface area (Å²) in [6.07, 6.45) is 3.77. The van der Waals surface area contributed by atoms with Gasteiger partial charge < -0.3 is 10.6 Å². The highest BCUT2D eigenvalue weighted by Gasteiger charge is 2.13. The molecule has 1 unspecified atom stereocenters. The molecule has 2 rings (SSSR count). The molecule has 1 atom stereocenters. The first-order chi connectivity index (χ1) is 7.75. The van der Waals surface area contributed by atoms with Crippen LogP contribution in [0.3, 0.4) is 0 Å². The zero-order valence-electron chi connectivity index (χ0n) is 9.53. The van der Waals surface area contributed by atoms with Gasteiger partial charge in [0.1, 0.15) is 0 Å². The molecule has 0 bridgehead atoms. The second-order valence-corrected chi connectivity index (χ2v) is 5.41. The van der Waals surface area contributed by atoms with Crippen LogP contribution < -0.4 is 5.73 Å². The molecule has 0 aliphatic carbocycles. The Morgan fingerprint density at radius 1 is 1.19 bits per heavy atom. The van der Waals surface area contributed by atoms with Crippen LogP contribution in [0.15, 0.2) is 28.7 Å². The van der Waals surface area contributed by atoms with Crippen LogP contribution in [0.4, 0.5) is 0 Å². The maximum atomic E-state index is 6.18. The van der Waals surface area contributed by atoms with E-state index < -0.39 is 0 Å². The third-order valence-corrected chi connectivity index (χ3v) is 3.78. The first-order valence-electron chi connectivity index (χ1n) is 5.99. The first kappa shape index (κ1) is 12.1. The van der Waals surface area contributed by atoms with Gasteiger partial charge in [-0.25, -0.2) is 0 Å². The average Bonchev–Trinajstić information content (AvgIpc) is 2.80. The fourth-order valence-electron chi connectivity index (χ4n) is 2.20. The van der Waals surface area contributed by atoms with E-state index in [-0.39, 0.29) is 6.04 Å². The van der Waals surface area contributed by atoms with Crippen LogP contribution in [-0.4, -0.2) is 24.5 Å². The lowest BCUT2D eigenvalue weighted by Crippen LogP contribution is -2.24. The van der Waals surface area contributed by atoms with E-state index in [4.69, 9.17) is 5.73 Å². The molecule has 88 valence electrons. The van der Waals surface area contributed by atoms with E-state index in [2.05, 4.69) is 45.1 Å². The topological polar surface area (TPSA) is 29.3 Å². The van der Waals surface area contributed by atoms with Crippen LogP contribution >= 0.6 is 15.9 Å². The number of halogens is 1. The summed E-state index contributed by atoms with van der Waals surface area (Å²) in [6, 6.07) is 8.52. The van der Waals surface area contributed by atoms with Gasteiger partial charge in [-0.15, -0.1) is 0 Å². The number of rotatable bonds is 4. The van der Waals surface area contributed by atoms with Crippen molar-refractivity contribution in [1.82, 2.24) is 4.90 Å². The van der Waals surface area contributed by atoms with E-state index in [1.54, 1.807) is 0 Å². The third kappa shape index (κ3) is 3.30. The van der Waals surface area contributed by atoms with E-state index in [9.17, 15) is 0 Å². The van der Waals surface area contributed by atoms with Crippen molar-refractivity contribution in [2.24, 2.45) is 5.73 Å². The molecule has 0 amide bonds. The van der Waals surface area contributed by atoms with Crippen LogP contribution in [0, 0.1) is 0 Å². The number of benzene rings is 1. The maximum Gasteiger partial charge on any atom is 0.0307 e. The molecular weight excluding hydrogens is 264 g/mol. The largest absolute Gasteiger partial charge is 0.324 e. The smallest absolute Gasteiger partial charge is 0.0307 e. The fraction of sp³-hybridized carbons (Fsp3) is 0.538. The van der Waals surface area contributed by atoms with E-state index in [1.807, 2.05) is 0 Å². The minimum absolute atomic E-state index is 0.175. The Balaban J connectivity index is 1.82. The highest BCUT2D eigenvalue weighted by molar-refractivity contribution is 9.10. The molecule has 0 aromatic heterocycles. The molecule has 0 spiro atoms. The molecule has 3 heteroatoms. The quantitative estimate of drug-likeness (QED) is 0.920. The van der Waals surface area contributed by atoms with Crippen LogP contribution in [0.2, 0.25) is 0 Å². The highest BCUT2D eigenvalue weighted by Crippen LogP contribution is 2.18. The molecule has 0 radical (unpaired) electrons. The van der Waals surface area contributed by atoms with Gasteiger partial charge in [-0.3, -0.25) is 0 Å². The van der Waals surface area contributed by atoms with Crippen molar-refractivity contribution < 1.29 is 0 Å². The molecule has 1 heterocycles. The van der Waals surface area contributed by atoms with Crippen molar-refractivity contribution in [2.45, 2.75) is 25.3 Å². The average molecular weight is 283 g/mol. The summed E-state index contributed by atoms with van der Waals surface area (Å²) in [7, 11) is 0. The number of nitrogens with zero attached hydrogens (tertiary/aromatic N) is 1. The summed E-state index contributed by atoms with van der Waals surface area (Å²) < 4.78 is 1.11. The zero-order chi connectivity index (χ0) is 11.4. The number of nitrogens with two attached hydrogens (primary N) is 1. The lowest BCUT2D eigenvalue weighted by Gasteiger charge is -2.18. The van der Waals surface area contributed by atoms with E-state index in [0.717, 1.165) is 17.4 Å². The Labute approximate surface area is 106 Å². The summed E-state index contributed by atoms with van der Waals surface area (Å²) in [5.74, 6) is 0. The molecule has 16 heavy (non-hydrogen) atoms. The predicted molar refractivity (Wildman–Crippen MR) is 71.4 cm³/mol. The van der Waals surface area contributed by atoms with Gasteiger partial charge in [0.05, 0.1) is 0 Å². The van der Waals surface area contributed by atoms with E-state index >= 15 is 0 Å². The van der Waals surface area contributed by atoms with Crippen molar-refractivity contribution in [3.63, 3.8) is 0 Å². The molecule has 1 aromatic rings. The molecule has 1 aliphatic rings. The van der Waals surface area contributed by atoms with Crippen molar-refractivity contribution in [2.75, 3.05) is 19.6 Å². The van der Waals surface area contributed by atoms with Crippen LogP contribution in [-0.2, 0) is 0 Å². The van der Waals surface area contributed by atoms with Crippen molar-refractivity contribution in [1.29, 1.82) is 0 Å². The van der Waals surface area contributed by atoms with Crippen LogP contribution in [0.1, 0.15) is 30.9 Å². The summed E-state index contributed by atoms with van der Waals surface area (Å²) in [4.78, 5) is 2.51. The molecule has 2 nitrogen and oxygen atoms in total. The Bertz CT molecular complexity index is 317. The summed E-state index contributed by atoms with van der Waals surface area (Å²) >= 11 is 3.44. The van der Waals surface area contributed by atoms with Gasteiger partial charge >= 0.3 is 0 Å². The summed E-state index contributed by atoms with van der Waals surface area (Å²) in [5.41, 5.74) is 7.42. The monoisotopic (exact) mass is 282 g/mol. The number of hydrogen-bond acceptors (Lipinski definition) is 2. The molecule has 2 N–H and O–H groups in total. The summed E-state index contributed by atoms with van der Waals surface area (Å²) in [6.45, 7) is 3.65. The second-order valence-electron chi connectivity index (χ2n) is 4.50. The normalized spacial score (nSPS) is 18.9. The minimum atomic E-state index is 0.175. The third-order valence-electron chi connectivity index (χ3n) is 3.25. The predicted octanol–water partition coefficient (Wildman–Crippen LogP) is 2.93. The molecule has 1 aromatic carbocycles. The Hall–Kier alpha value is -0.380. The first-order valence-corrected chi connectivity index (χ1v) is 6.78. The van der Waals surface area contributed by atoms with E-state index in [1.165, 1.54) is 31.5 Å². The molecule has 1 fully saturated rings. The zero-order valence-corrected chi connectivity index (χ0v) is 11.1. The number of hydrogen-bond donors (Lipinski definition) is 1. The van der Waals surface area contributed by atoms with Gasteiger partial charge in [-0.2, -0.15) is 0 Å². The highest BCUT2D eigenvalue weighted by atomic mass is 79.9. The standard InChI is InChI=1S/C13H19BrN2/c14-12-5-3-11(4-6-12)13(15)7-10-16-8-1-2-9-16/h3-6,13H,1-2,7-10,15H2. The number of likely N-dealkylation sites (tertiary alicyclic amines) is 1. The molecule has 0 saturated carbocycles. The SMILES string of the molecule is NC(CCN1CCCC1)c1ccc(Br)cc1. The maximum absolute atomic E-state index is 6.18. The van der Waals surface area contributed by atoms with Crippen LogP contribution in [0.5, 0.6) is 0 Å². The minimum Gasteiger partial charge on any atom is -0.324 e. The van der Waals surface area contributed by atoms with Crippen molar-refractivity contribution in [3.05, 3.63) is 34.3 Å². The molecule has 1 saturated heterocycles. The molecular formula is C13H19BrN2. The lowest BCUT2D eigenvalue weighted by molar-refractivity contribution is 0.322. The van der Waals surface area contributed by atoms with E-state index in [0.29, 0.717) is 0 Å². The fourth-order valence-corrected chi connectivity index (χ4v) is 2.47. The van der Waals surface area contributed by atoms with Gasteiger partial charge in [0.2, 0.25) is 0 Å². The van der Waals surface area contributed by atoms with Crippen LogP contribution in [0.25, 0.3) is 0 Å². The second kappa shape index (κ2) is 5.80. The van der Waals surface area contributed by atoms with Gasteiger partial charge in [-0.1, -0.05) is 28.1 Å². The Morgan fingerprint density at radius 2 is 1.81 bits per heavy atom. The summed E-state index contributed by atoms with van der Waals surface area (Å²) in [5, 5.41) is 0. The van der Waals surface area contributed by atoms with Gasteiger partial charge in [-0.05, 0) is 56.6 Å². The lowest BCUT2D eigenvalue weighted by atomic mass is 10.0. The molecule has 1 aliphatic heterocycles. The Kier molecular flexibility index (Phi) is 4.38. The van der Waals surface area contributed by atoms with Gasteiger partial charge in [0.15, 0.2) is 0 Å². The van der Waals surface area contributed by atoms with Crippen molar-refractivity contribution >= 4 is 15.9 Å². The van der Waals surface area contributed by atoms with Gasteiger partial charge in [0, 0.05) is 10.5 Å². The van der Waals surface area contributed by atoms with Crippen molar-refractivity contribution in [3.8, 4) is 0 Å². The van der Waals surface area contributed by atoms with Gasteiger partial charge in [0.25, 0.3) is 0 Å².